The fraction of sp³-hybridized carbons (Fsp3) is 0.333. The third-order valence-corrected chi connectivity index (χ3v) is 4.41. The smallest absolute Gasteiger partial charge is 0.123 e. The summed E-state index contributed by atoms with van der Waals surface area (Å²) >= 11 is 3.52. The van der Waals surface area contributed by atoms with Crippen LogP contribution in [0.25, 0.3) is 0 Å². The Morgan fingerprint density at radius 2 is 1.95 bits per heavy atom. The molecule has 112 valence electrons. The summed E-state index contributed by atoms with van der Waals surface area (Å²) in [6, 6.07) is 13.5. The number of rotatable bonds is 6. The van der Waals surface area contributed by atoms with Gasteiger partial charge < -0.3 is 5.32 Å². The van der Waals surface area contributed by atoms with E-state index in [9.17, 15) is 4.39 Å². The predicted molar refractivity (Wildman–Crippen MR) is 90.0 cm³/mol. The van der Waals surface area contributed by atoms with Gasteiger partial charge in [0.15, 0.2) is 0 Å². The highest BCUT2D eigenvalue weighted by Crippen LogP contribution is 2.26. The summed E-state index contributed by atoms with van der Waals surface area (Å²) in [7, 11) is 0. The summed E-state index contributed by atoms with van der Waals surface area (Å²) < 4.78 is 14.4. The van der Waals surface area contributed by atoms with Crippen molar-refractivity contribution in [3.05, 3.63) is 69.4 Å². The molecule has 0 aliphatic heterocycles. The number of halogens is 2. The van der Waals surface area contributed by atoms with Crippen molar-refractivity contribution in [3.8, 4) is 0 Å². The maximum absolute atomic E-state index is 13.5. The van der Waals surface area contributed by atoms with Crippen LogP contribution in [0, 0.1) is 12.7 Å². The van der Waals surface area contributed by atoms with E-state index >= 15 is 0 Å². The molecule has 0 heterocycles. The topological polar surface area (TPSA) is 12.0 Å². The van der Waals surface area contributed by atoms with E-state index in [1.807, 2.05) is 6.07 Å². The largest absolute Gasteiger partial charge is 0.310 e. The molecule has 0 amide bonds. The highest BCUT2D eigenvalue weighted by Gasteiger charge is 2.15. The summed E-state index contributed by atoms with van der Waals surface area (Å²) in [5.41, 5.74) is 3.53. The van der Waals surface area contributed by atoms with Gasteiger partial charge in [0.25, 0.3) is 0 Å². The first-order chi connectivity index (χ1) is 10.1. The normalized spacial score (nSPS) is 12.4. The van der Waals surface area contributed by atoms with Crippen LogP contribution in [0.4, 0.5) is 4.39 Å². The van der Waals surface area contributed by atoms with Gasteiger partial charge in [0.05, 0.1) is 0 Å². The molecule has 0 fully saturated rings. The summed E-state index contributed by atoms with van der Waals surface area (Å²) in [6.07, 6.45) is 1.84. The van der Waals surface area contributed by atoms with E-state index in [-0.39, 0.29) is 11.9 Å². The van der Waals surface area contributed by atoms with E-state index in [0.717, 1.165) is 29.4 Å². The first-order valence-electron chi connectivity index (χ1n) is 7.34. The van der Waals surface area contributed by atoms with Gasteiger partial charge in [0, 0.05) is 10.5 Å². The number of hydrogen-bond acceptors (Lipinski definition) is 1. The minimum absolute atomic E-state index is 0.188. The predicted octanol–water partition coefficient (Wildman–Crippen LogP) is 5.18. The second-order valence-electron chi connectivity index (χ2n) is 5.30. The lowest BCUT2D eigenvalue weighted by Crippen LogP contribution is -2.25. The molecule has 1 unspecified atom stereocenters. The molecule has 0 radical (unpaired) electrons. The molecular formula is C18H21BrFN. The summed E-state index contributed by atoms with van der Waals surface area (Å²) in [4.78, 5) is 0. The van der Waals surface area contributed by atoms with Crippen LogP contribution in [0.15, 0.2) is 46.9 Å². The molecule has 0 aliphatic carbocycles. The van der Waals surface area contributed by atoms with Crippen LogP contribution >= 0.6 is 15.9 Å². The highest BCUT2D eigenvalue weighted by atomic mass is 79.9. The van der Waals surface area contributed by atoms with Crippen molar-refractivity contribution < 1.29 is 4.39 Å². The fourth-order valence-corrected chi connectivity index (χ4v) is 2.92. The zero-order valence-electron chi connectivity index (χ0n) is 12.5. The first-order valence-corrected chi connectivity index (χ1v) is 8.14. The first kappa shape index (κ1) is 16.2. The molecule has 0 aliphatic rings. The van der Waals surface area contributed by atoms with Crippen molar-refractivity contribution >= 4 is 15.9 Å². The molecule has 3 heteroatoms. The number of hydrogen-bond donors (Lipinski definition) is 1. The Bertz CT molecular complexity index is 598. The molecule has 0 bridgehead atoms. The van der Waals surface area contributed by atoms with Gasteiger partial charge in [-0.15, -0.1) is 0 Å². The van der Waals surface area contributed by atoms with E-state index in [1.54, 1.807) is 12.1 Å². The molecule has 1 nitrogen and oxygen atoms in total. The minimum atomic E-state index is -0.188. The second kappa shape index (κ2) is 7.71. The molecule has 1 atom stereocenters. The molecule has 0 spiro atoms. The lowest BCUT2D eigenvalue weighted by atomic mass is 9.95. The lowest BCUT2D eigenvalue weighted by molar-refractivity contribution is 0.524. The molecule has 0 saturated carbocycles. The van der Waals surface area contributed by atoms with Crippen LogP contribution in [-0.4, -0.2) is 6.54 Å². The van der Waals surface area contributed by atoms with Crippen LogP contribution in [0.1, 0.15) is 36.1 Å². The van der Waals surface area contributed by atoms with Crippen LogP contribution < -0.4 is 5.32 Å². The Morgan fingerprint density at radius 3 is 2.67 bits per heavy atom. The van der Waals surface area contributed by atoms with Crippen LogP contribution in [0.2, 0.25) is 0 Å². The van der Waals surface area contributed by atoms with Crippen molar-refractivity contribution in [1.29, 1.82) is 0 Å². The summed E-state index contributed by atoms with van der Waals surface area (Å²) in [5.74, 6) is -0.188. The Labute approximate surface area is 134 Å². The summed E-state index contributed by atoms with van der Waals surface area (Å²) in [6.45, 7) is 5.22. The molecule has 2 aromatic rings. The SMILES string of the molecule is CCCNC(Cc1cc(F)ccc1Br)c1ccccc1C. The zero-order chi connectivity index (χ0) is 15.2. The van der Waals surface area contributed by atoms with Gasteiger partial charge in [0.2, 0.25) is 0 Å². The van der Waals surface area contributed by atoms with Crippen LogP contribution in [-0.2, 0) is 6.42 Å². The van der Waals surface area contributed by atoms with E-state index in [1.165, 1.54) is 17.2 Å². The van der Waals surface area contributed by atoms with E-state index in [2.05, 4.69) is 53.3 Å². The molecule has 1 N–H and O–H groups in total. The Balaban J connectivity index is 2.28. The van der Waals surface area contributed by atoms with E-state index in [0.29, 0.717) is 0 Å². The highest BCUT2D eigenvalue weighted by molar-refractivity contribution is 9.10. The molecule has 0 aromatic heterocycles. The van der Waals surface area contributed by atoms with Gasteiger partial charge in [-0.3, -0.25) is 0 Å². The minimum Gasteiger partial charge on any atom is -0.310 e. The Hall–Kier alpha value is -1.19. The maximum Gasteiger partial charge on any atom is 0.123 e. The standard InChI is InChI=1S/C18H21BrFN/c1-3-10-21-18(16-7-5-4-6-13(16)2)12-14-11-15(20)8-9-17(14)19/h4-9,11,18,21H,3,10,12H2,1-2H3. The van der Waals surface area contributed by atoms with Crippen LogP contribution in [0.3, 0.4) is 0 Å². The van der Waals surface area contributed by atoms with Crippen LogP contribution in [0.5, 0.6) is 0 Å². The van der Waals surface area contributed by atoms with Gasteiger partial charge in [-0.05, 0) is 61.2 Å². The van der Waals surface area contributed by atoms with Gasteiger partial charge in [-0.1, -0.05) is 47.1 Å². The number of nitrogens with one attached hydrogen (secondary N) is 1. The molecule has 0 saturated heterocycles. The lowest BCUT2D eigenvalue weighted by Gasteiger charge is -2.21. The number of aryl methyl sites for hydroxylation is 1. The third-order valence-electron chi connectivity index (χ3n) is 3.64. The third kappa shape index (κ3) is 4.39. The van der Waals surface area contributed by atoms with Gasteiger partial charge in [-0.25, -0.2) is 4.39 Å². The fourth-order valence-electron chi connectivity index (χ4n) is 2.51. The maximum atomic E-state index is 13.5. The van der Waals surface area contributed by atoms with Crippen molar-refractivity contribution in [2.75, 3.05) is 6.54 Å². The van der Waals surface area contributed by atoms with Crippen molar-refractivity contribution in [2.45, 2.75) is 32.7 Å². The van der Waals surface area contributed by atoms with E-state index in [4.69, 9.17) is 0 Å². The van der Waals surface area contributed by atoms with Gasteiger partial charge in [0.1, 0.15) is 5.82 Å². The molecular weight excluding hydrogens is 329 g/mol. The zero-order valence-corrected chi connectivity index (χ0v) is 14.1. The van der Waals surface area contributed by atoms with Gasteiger partial charge in [-0.2, -0.15) is 0 Å². The monoisotopic (exact) mass is 349 g/mol. The second-order valence-corrected chi connectivity index (χ2v) is 6.16. The Kier molecular flexibility index (Phi) is 5.95. The molecule has 21 heavy (non-hydrogen) atoms. The van der Waals surface area contributed by atoms with Crippen molar-refractivity contribution in [2.24, 2.45) is 0 Å². The quantitative estimate of drug-likeness (QED) is 0.757. The average molecular weight is 350 g/mol. The van der Waals surface area contributed by atoms with Crippen molar-refractivity contribution in [1.82, 2.24) is 5.32 Å². The Morgan fingerprint density at radius 1 is 1.19 bits per heavy atom. The molecule has 2 aromatic carbocycles. The van der Waals surface area contributed by atoms with Crippen molar-refractivity contribution in [3.63, 3.8) is 0 Å². The summed E-state index contributed by atoms with van der Waals surface area (Å²) in [5, 5.41) is 3.58. The van der Waals surface area contributed by atoms with E-state index < -0.39 is 0 Å². The van der Waals surface area contributed by atoms with Gasteiger partial charge >= 0.3 is 0 Å². The molecule has 2 rings (SSSR count). The number of benzene rings is 2. The average Bonchev–Trinajstić information content (AvgIpc) is 2.48.